The predicted molar refractivity (Wildman–Crippen MR) is 52.2 cm³/mol. The molecule has 4 heteroatoms. The normalized spacial score (nSPS) is 10.6. The van der Waals surface area contributed by atoms with Gasteiger partial charge in [-0.1, -0.05) is 11.6 Å². The first-order valence-corrected chi connectivity index (χ1v) is 4.32. The number of hydrogen-bond acceptors (Lipinski definition) is 2. The number of benzene rings is 1. The first-order chi connectivity index (χ1) is 6.66. The summed E-state index contributed by atoms with van der Waals surface area (Å²) in [7, 11) is 0. The van der Waals surface area contributed by atoms with Gasteiger partial charge < -0.3 is 5.11 Å². The van der Waals surface area contributed by atoms with E-state index in [1.165, 1.54) is 0 Å². The molecule has 14 heavy (non-hydrogen) atoms. The molecule has 0 aliphatic carbocycles. The van der Waals surface area contributed by atoms with Crippen molar-refractivity contribution in [3.63, 3.8) is 0 Å². The maximum absolute atomic E-state index is 10.5. The summed E-state index contributed by atoms with van der Waals surface area (Å²) in [4.78, 5) is 10.5. The molecule has 0 saturated carbocycles. The molecule has 0 fully saturated rings. The predicted octanol–water partition coefficient (Wildman–Crippen LogP) is 1.50. The molecule has 2 rings (SSSR count). The molecule has 0 unspecified atom stereocenters. The van der Waals surface area contributed by atoms with Gasteiger partial charge in [-0.05, 0) is 19.1 Å². The zero-order valence-corrected chi connectivity index (χ0v) is 7.74. The Bertz CT molecular complexity index is 488. The van der Waals surface area contributed by atoms with E-state index in [0.717, 1.165) is 16.5 Å². The topological polar surface area (TPSA) is 66.0 Å². The minimum atomic E-state index is -0.850. The highest BCUT2D eigenvalue weighted by Gasteiger charge is 2.08. The van der Waals surface area contributed by atoms with Gasteiger partial charge in [0.05, 0.1) is 17.6 Å². The fourth-order valence-corrected chi connectivity index (χ4v) is 1.46. The molecule has 1 aromatic heterocycles. The van der Waals surface area contributed by atoms with Crippen LogP contribution in [0.2, 0.25) is 0 Å². The van der Waals surface area contributed by atoms with Crippen LogP contribution < -0.4 is 0 Å². The second-order valence-electron chi connectivity index (χ2n) is 3.29. The van der Waals surface area contributed by atoms with Gasteiger partial charge in [0.25, 0.3) is 0 Å². The number of aryl methyl sites for hydroxylation is 1. The zero-order chi connectivity index (χ0) is 10.1. The number of rotatable bonds is 2. The largest absolute Gasteiger partial charge is 0.481 e. The second-order valence-corrected chi connectivity index (χ2v) is 3.29. The molecule has 2 aromatic rings. The van der Waals surface area contributed by atoms with Gasteiger partial charge in [0.2, 0.25) is 0 Å². The summed E-state index contributed by atoms with van der Waals surface area (Å²) in [6.07, 6.45) is -0.0139. The summed E-state index contributed by atoms with van der Waals surface area (Å²) in [5.41, 5.74) is 2.58. The van der Waals surface area contributed by atoms with Gasteiger partial charge in [-0.2, -0.15) is 5.10 Å². The van der Waals surface area contributed by atoms with Crippen molar-refractivity contribution < 1.29 is 9.90 Å². The number of carboxylic acid groups (broad SMARTS) is 1. The average molecular weight is 190 g/mol. The molecule has 1 heterocycles. The van der Waals surface area contributed by atoms with E-state index in [9.17, 15) is 4.79 Å². The fourth-order valence-electron chi connectivity index (χ4n) is 1.46. The Morgan fingerprint density at radius 3 is 3.07 bits per heavy atom. The molecule has 0 bridgehead atoms. The Kier molecular flexibility index (Phi) is 1.96. The van der Waals surface area contributed by atoms with Gasteiger partial charge in [0.1, 0.15) is 0 Å². The van der Waals surface area contributed by atoms with Gasteiger partial charge in [-0.3, -0.25) is 9.89 Å². The number of nitrogens with zero attached hydrogens (tertiary/aromatic N) is 1. The Labute approximate surface area is 80.6 Å². The second kappa shape index (κ2) is 3.14. The first kappa shape index (κ1) is 8.74. The van der Waals surface area contributed by atoms with E-state index in [1.807, 2.05) is 25.1 Å². The highest BCUT2D eigenvalue weighted by Crippen LogP contribution is 2.17. The lowest BCUT2D eigenvalue weighted by molar-refractivity contribution is -0.136. The number of hydrogen-bond donors (Lipinski definition) is 2. The third kappa shape index (κ3) is 1.46. The van der Waals surface area contributed by atoms with Crippen LogP contribution in [0.15, 0.2) is 18.2 Å². The standard InChI is InChI=1S/C10H10N2O2/c1-6-2-3-8-7(4-6)9(12-11-8)5-10(13)14/h2-4H,5H2,1H3,(H,11,12)(H,13,14). The van der Waals surface area contributed by atoms with Crippen LogP contribution in [0, 0.1) is 6.92 Å². The number of carboxylic acids is 1. The summed E-state index contributed by atoms with van der Waals surface area (Å²) in [6, 6.07) is 5.78. The average Bonchev–Trinajstić information content (AvgIpc) is 2.47. The van der Waals surface area contributed by atoms with Crippen molar-refractivity contribution in [1.82, 2.24) is 10.2 Å². The van der Waals surface area contributed by atoms with Crippen LogP contribution in [0.1, 0.15) is 11.3 Å². The Hall–Kier alpha value is -1.84. The maximum Gasteiger partial charge on any atom is 0.309 e. The molecular weight excluding hydrogens is 180 g/mol. The van der Waals surface area contributed by atoms with Crippen molar-refractivity contribution in [3.8, 4) is 0 Å². The molecule has 0 aliphatic heterocycles. The molecule has 1 aromatic carbocycles. The van der Waals surface area contributed by atoms with Crippen LogP contribution in [0.5, 0.6) is 0 Å². The monoisotopic (exact) mass is 190 g/mol. The Morgan fingerprint density at radius 2 is 2.36 bits per heavy atom. The highest BCUT2D eigenvalue weighted by atomic mass is 16.4. The minimum Gasteiger partial charge on any atom is -0.481 e. The van der Waals surface area contributed by atoms with Crippen LogP contribution in [0.25, 0.3) is 10.9 Å². The van der Waals surface area contributed by atoms with E-state index in [1.54, 1.807) is 0 Å². The van der Waals surface area contributed by atoms with Gasteiger partial charge in [-0.15, -0.1) is 0 Å². The molecule has 0 aliphatic rings. The van der Waals surface area contributed by atoms with Crippen LogP contribution in [-0.4, -0.2) is 21.3 Å². The molecule has 0 amide bonds. The van der Waals surface area contributed by atoms with E-state index >= 15 is 0 Å². The van der Waals surface area contributed by atoms with E-state index < -0.39 is 5.97 Å². The summed E-state index contributed by atoms with van der Waals surface area (Å²) in [5.74, 6) is -0.850. The summed E-state index contributed by atoms with van der Waals surface area (Å²) < 4.78 is 0. The van der Waals surface area contributed by atoms with Crippen molar-refractivity contribution in [3.05, 3.63) is 29.5 Å². The van der Waals surface area contributed by atoms with Crippen LogP contribution in [0.4, 0.5) is 0 Å². The van der Waals surface area contributed by atoms with Crippen LogP contribution >= 0.6 is 0 Å². The third-order valence-corrected chi connectivity index (χ3v) is 2.12. The van der Waals surface area contributed by atoms with Crippen molar-refractivity contribution in [2.75, 3.05) is 0 Å². The van der Waals surface area contributed by atoms with E-state index in [0.29, 0.717) is 5.69 Å². The number of H-pyrrole nitrogens is 1. The maximum atomic E-state index is 10.5. The van der Waals surface area contributed by atoms with E-state index in [2.05, 4.69) is 10.2 Å². The smallest absolute Gasteiger partial charge is 0.309 e. The molecule has 2 N–H and O–H groups in total. The fraction of sp³-hybridized carbons (Fsp3) is 0.200. The summed E-state index contributed by atoms with van der Waals surface area (Å²) in [5, 5.41) is 16.3. The SMILES string of the molecule is Cc1ccc2n[nH]c(CC(=O)O)c2c1. The van der Waals surface area contributed by atoms with Crippen LogP contribution in [-0.2, 0) is 11.2 Å². The van der Waals surface area contributed by atoms with Crippen molar-refractivity contribution >= 4 is 16.9 Å². The van der Waals surface area contributed by atoms with E-state index in [4.69, 9.17) is 5.11 Å². The summed E-state index contributed by atoms with van der Waals surface area (Å²) in [6.45, 7) is 1.97. The Balaban J connectivity index is 2.55. The quantitative estimate of drug-likeness (QED) is 0.754. The lowest BCUT2D eigenvalue weighted by Crippen LogP contribution is -2.00. The zero-order valence-electron chi connectivity index (χ0n) is 7.74. The lowest BCUT2D eigenvalue weighted by Gasteiger charge is -1.94. The minimum absolute atomic E-state index is 0.0139. The van der Waals surface area contributed by atoms with Crippen molar-refractivity contribution in [2.45, 2.75) is 13.3 Å². The van der Waals surface area contributed by atoms with Crippen molar-refractivity contribution in [1.29, 1.82) is 0 Å². The highest BCUT2D eigenvalue weighted by molar-refractivity contribution is 5.85. The van der Waals surface area contributed by atoms with Crippen LogP contribution in [0.3, 0.4) is 0 Å². The molecule has 0 saturated heterocycles. The van der Waals surface area contributed by atoms with Gasteiger partial charge in [0, 0.05) is 5.39 Å². The molecule has 0 atom stereocenters. The van der Waals surface area contributed by atoms with Crippen molar-refractivity contribution in [2.24, 2.45) is 0 Å². The molecule has 0 radical (unpaired) electrons. The Morgan fingerprint density at radius 1 is 1.57 bits per heavy atom. The number of aliphatic carboxylic acids is 1. The molecule has 0 spiro atoms. The number of nitrogens with one attached hydrogen (secondary N) is 1. The van der Waals surface area contributed by atoms with E-state index in [-0.39, 0.29) is 6.42 Å². The lowest BCUT2D eigenvalue weighted by atomic mass is 10.1. The van der Waals surface area contributed by atoms with Gasteiger partial charge in [0.15, 0.2) is 0 Å². The number of aromatic nitrogens is 2. The van der Waals surface area contributed by atoms with Gasteiger partial charge in [-0.25, -0.2) is 0 Å². The molecule has 4 nitrogen and oxygen atoms in total. The number of fused-ring (bicyclic) bond motifs is 1. The van der Waals surface area contributed by atoms with Gasteiger partial charge >= 0.3 is 5.97 Å². The molecular formula is C10H10N2O2. The first-order valence-electron chi connectivity index (χ1n) is 4.32. The third-order valence-electron chi connectivity index (χ3n) is 2.12. The molecule has 72 valence electrons. The number of aromatic amines is 1. The number of carbonyl (C=O) groups is 1. The summed E-state index contributed by atoms with van der Waals surface area (Å²) >= 11 is 0.